The predicted octanol–water partition coefficient (Wildman–Crippen LogP) is 5.13. The second kappa shape index (κ2) is 4.42. The molecule has 0 aliphatic carbocycles. The highest BCUT2D eigenvalue weighted by molar-refractivity contribution is 7.16. The predicted molar refractivity (Wildman–Crippen MR) is 70.8 cm³/mol. The number of halogens is 4. The molecular weight excluding hydrogens is 295 g/mol. The monoisotopic (exact) mass is 303 g/mol. The first-order valence-corrected chi connectivity index (χ1v) is 6.85. The van der Waals surface area contributed by atoms with Crippen LogP contribution in [0, 0.1) is 0 Å². The Morgan fingerprint density at radius 1 is 1.21 bits per heavy atom. The smallest absolute Gasteiger partial charge is 0.376 e. The minimum absolute atomic E-state index is 0.129. The fraction of sp³-hybridized carbons (Fsp3) is 0.231. The van der Waals surface area contributed by atoms with E-state index in [1.807, 2.05) is 6.07 Å². The number of nitrogens with one attached hydrogen (secondary N) is 1. The molecule has 1 aliphatic heterocycles. The molecule has 2 heterocycles. The molecule has 6 heteroatoms. The van der Waals surface area contributed by atoms with E-state index < -0.39 is 11.7 Å². The van der Waals surface area contributed by atoms with Gasteiger partial charge in [-0.15, -0.1) is 11.3 Å². The third kappa shape index (κ3) is 2.32. The number of fused-ring (bicyclic) bond motifs is 1. The topological polar surface area (TPSA) is 12.0 Å². The van der Waals surface area contributed by atoms with Gasteiger partial charge < -0.3 is 5.32 Å². The number of hydrogen-bond acceptors (Lipinski definition) is 2. The van der Waals surface area contributed by atoms with Crippen molar-refractivity contribution in [3.8, 4) is 0 Å². The van der Waals surface area contributed by atoms with Gasteiger partial charge in [0, 0.05) is 4.88 Å². The molecule has 0 saturated carbocycles. The molecule has 0 fully saturated rings. The zero-order chi connectivity index (χ0) is 13.6. The molecule has 0 amide bonds. The molecule has 1 unspecified atom stereocenters. The molecule has 0 saturated heterocycles. The van der Waals surface area contributed by atoms with Gasteiger partial charge in [-0.2, -0.15) is 13.2 Å². The zero-order valence-electron chi connectivity index (χ0n) is 9.59. The van der Waals surface area contributed by atoms with Gasteiger partial charge in [-0.3, -0.25) is 0 Å². The molecule has 0 bridgehead atoms. The lowest BCUT2D eigenvalue weighted by molar-refractivity contribution is -0.136. The molecule has 1 aliphatic rings. The number of thiophene rings is 1. The normalized spacial score (nSPS) is 18.2. The summed E-state index contributed by atoms with van der Waals surface area (Å²) < 4.78 is 39.4. The summed E-state index contributed by atoms with van der Waals surface area (Å²) in [5.74, 6) is 0. The van der Waals surface area contributed by atoms with Gasteiger partial charge in [0.25, 0.3) is 0 Å². The minimum Gasteiger partial charge on any atom is -0.376 e. The molecule has 1 aromatic carbocycles. The van der Waals surface area contributed by atoms with Crippen LogP contribution in [0.1, 0.15) is 22.0 Å². The molecule has 1 atom stereocenters. The third-order valence-corrected chi connectivity index (χ3v) is 4.48. The third-order valence-electron chi connectivity index (χ3n) is 3.14. The van der Waals surface area contributed by atoms with Gasteiger partial charge in [0.15, 0.2) is 0 Å². The van der Waals surface area contributed by atoms with E-state index in [1.165, 1.54) is 17.4 Å². The first-order valence-electron chi connectivity index (χ1n) is 5.66. The lowest BCUT2D eigenvalue weighted by atomic mass is 10.1. The van der Waals surface area contributed by atoms with Crippen molar-refractivity contribution in [2.24, 2.45) is 0 Å². The lowest BCUT2D eigenvalue weighted by Crippen LogP contribution is -2.10. The van der Waals surface area contributed by atoms with Gasteiger partial charge in [0.05, 0.1) is 21.6 Å². The van der Waals surface area contributed by atoms with Crippen molar-refractivity contribution in [1.29, 1.82) is 0 Å². The molecular formula is C13H9ClF3NS. The highest BCUT2D eigenvalue weighted by Crippen LogP contribution is 2.44. The SMILES string of the molecule is FC(F)(F)c1cccc2c1NC(c1ccc(Cl)s1)C2. The Hall–Kier alpha value is -1.20. The summed E-state index contributed by atoms with van der Waals surface area (Å²) in [5, 5.41) is 2.97. The van der Waals surface area contributed by atoms with Crippen molar-refractivity contribution in [3.63, 3.8) is 0 Å². The van der Waals surface area contributed by atoms with Crippen molar-refractivity contribution in [2.75, 3.05) is 5.32 Å². The van der Waals surface area contributed by atoms with E-state index in [2.05, 4.69) is 5.32 Å². The van der Waals surface area contributed by atoms with Gasteiger partial charge in [-0.25, -0.2) is 0 Å². The van der Waals surface area contributed by atoms with Crippen molar-refractivity contribution < 1.29 is 13.2 Å². The van der Waals surface area contributed by atoms with Gasteiger partial charge in [0.1, 0.15) is 0 Å². The second-order valence-electron chi connectivity index (χ2n) is 4.38. The average molecular weight is 304 g/mol. The van der Waals surface area contributed by atoms with E-state index in [0.717, 1.165) is 10.9 Å². The van der Waals surface area contributed by atoms with Crippen LogP contribution in [0.15, 0.2) is 30.3 Å². The Balaban J connectivity index is 1.96. The molecule has 2 aromatic rings. The Labute approximate surface area is 117 Å². The van der Waals surface area contributed by atoms with Gasteiger partial charge in [0.2, 0.25) is 0 Å². The van der Waals surface area contributed by atoms with Gasteiger partial charge in [-0.05, 0) is 30.2 Å². The number of rotatable bonds is 1. The van der Waals surface area contributed by atoms with Gasteiger partial charge >= 0.3 is 6.18 Å². The van der Waals surface area contributed by atoms with Crippen molar-refractivity contribution in [3.05, 3.63) is 50.7 Å². The fourth-order valence-electron chi connectivity index (χ4n) is 2.31. The summed E-state index contributed by atoms with van der Waals surface area (Å²) in [6, 6.07) is 7.77. The van der Waals surface area contributed by atoms with Crippen LogP contribution in [0.25, 0.3) is 0 Å². The van der Waals surface area contributed by atoms with Crippen LogP contribution in [-0.2, 0) is 12.6 Å². The van der Waals surface area contributed by atoms with Crippen LogP contribution < -0.4 is 5.32 Å². The quantitative estimate of drug-likeness (QED) is 0.770. The maximum atomic E-state index is 12.9. The number of benzene rings is 1. The number of para-hydroxylation sites is 1. The van der Waals surface area contributed by atoms with E-state index in [9.17, 15) is 13.2 Å². The van der Waals surface area contributed by atoms with E-state index in [-0.39, 0.29) is 11.7 Å². The van der Waals surface area contributed by atoms with Crippen LogP contribution in [0.5, 0.6) is 0 Å². The Kier molecular flexibility index (Phi) is 2.98. The van der Waals surface area contributed by atoms with Crippen LogP contribution in [0.3, 0.4) is 0 Å². The van der Waals surface area contributed by atoms with Crippen LogP contribution in [0.4, 0.5) is 18.9 Å². The molecule has 19 heavy (non-hydrogen) atoms. The number of anilines is 1. The van der Waals surface area contributed by atoms with Crippen molar-refractivity contribution >= 4 is 28.6 Å². The molecule has 3 rings (SSSR count). The summed E-state index contributed by atoms with van der Waals surface area (Å²) in [6.45, 7) is 0. The summed E-state index contributed by atoms with van der Waals surface area (Å²) in [7, 11) is 0. The van der Waals surface area contributed by atoms with Crippen LogP contribution in [-0.4, -0.2) is 0 Å². The largest absolute Gasteiger partial charge is 0.418 e. The van der Waals surface area contributed by atoms with E-state index in [1.54, 1.807) is 12.1 Å². The first-order chi connectivity index (χ1) is 8.95. The van der Waals surface area contributed by atoms with E-state index in [4.69, 9.17) is 11.6 Å². The molecule has 0 radical (unpaired) electrons. The van der Waals surface area contributed by atoms with Crippen LogP contribution in [0.2, 0.25) is 4.34 Å². The van der Waals surface area contributed by atoms with Gasteiger partial charge in [-0.1, -0.05) is 23.7 Å². The van der Waals surface area contributed by atoms with E-state index in [0.29, 0.717) is 16.3 Å². The second-order valence-corrected chi connectivity index (χ2v) is 6.13. The fourth-order valence-corrected chi connectivity index (χ4v) is 3.42. The van der Waals surface area contributed by atoms with E-state index >= 15 is 0 Å². The minimum atomic E-state index is -4.33. The Morgan fingerprint density at radius 3 is 2.63 bits per heavy atom. The summed E-state index contributed by atoms with van der Waals surface area (Å²) >= 11 is 7.26. The Morgan fingerprint density at radius 2 is 2.00 bits per heavy atom. The molecule has 100 valence electrons. The molecule has 1 aromatic heterocycles. The first kappa shape index (κ1) is 12.8. The highest BCUT2D eigenvalue weighted by atomic mass is 35.5. The molecule has 0 spiro atoms. The summed E-state index contributed by atoms with van der Waals surface area (Å²) in [5.41, 5.74) is 0.295. The van der Waals surface area contributed by atoms with Crippen molar-refractivity contribution in [1.82, 2.24) is 0 Å². The maximum absolute atomic E-state index is 12.9. The maximum Gasteiger partial charge on any atom is 0.418 e. The standard InChI is InChI=1S/C13H9ClF3NS/c14-11-5-4-10(19-11)9-6-7-2-1-3-8(12(7)18-9)13(15,16)17/h1-5,9,18H,6H2. The summed E-state index contributed by atoms with van der Waals surface area (Å²) in [6.07, 6.45) is -3.78. The average Bonchev–Trinajstić information content (AvgIpc) is 2.92. The molecule has 1 nitrogen and oxygen atoms in total. The van der Waals surface area contributed by atoms with Crippen LogP contribution >= 0.6 is 22.9 Å². The highest BCUT2D eigenvalue weighted by Gasteiger charge is 2.37. The zero-order valence-corrected chi connectivity index (χ0v) is 11.2. The molecule has 1 N–H and O–H groups in total. The number of hydrogen-bond donors (Lipinski definition) is 1. The van der Waals surface area contributed by atoms with Crippen molar-refractivity contribution in [2.45, 2.75) is 18.6 Å². The Bertz CT molecular complexity index is 621. The number of alkyl halides is 3. The lowest BCUT2D eigenvalue weighted by Gasteiger charge is -2.13. The summed E-state index contributed by atoms with van der Waals surface area (Å²) in [4.78, 5) is 0.953.